The fourth-order valence-corrected chi connectivity index (χ4v) is 3.64. The van der Waals surface area contributed by atoms with Gasteiger partial charge in [0.15, 0.2) is 0 Å². The van der Waals surface area contributed by atoms with Crippen LogP contribution in [-0.2, 0) is 15.6 Å². The third-order valence-corrected chi connectivity index (χ3v) is 5.40. The highest BCUT2D eigenvalue weighted by molar-refractivity contribution is 7.85. The number of carbonyl (C=O) groups excluding carboxylic acids is 1. The quantitative estimate of drug-likeness (QED) is 0.654. The van der Waals surface area contributed by atoms with Crippen molar-refractivity contribution in [3.63, 3.8) is 0 Å². The summed E-state index contributed by atoms with van der Waals surface area (Å²) in [6.45, 7) is 4.01. The Balaban J connectivity index is 1.92. The van der Waals surface area contributed by atoms with Gasteiger partial charge in [0.25, 0.3) is 0 Å². The number of benzene rings is 3. The van der Waals surface area contributed by atoms with Crippen molar-refractivity contribution in [3.8, 4) is 0 Å². The molecule has 0 fully saturated rings. The molecule has 0 aliphatic heterocycles. The monoisotopic (exact) mass is 363 g/mol. The van der Waals surface area contributed by atoms with Gasteiger partial charge in [0, 0.05) is 16.3 Å². The first kappa shape index (κ1) is 18.1. The van der Waals surface area contributed by atoms with Gasteiger partial charge in [0.1, 0.15) is 5.75 Å². The first-order chi connectivity index (χ1) is 12.5. The molecular weight excluding hydrogens is 342 g/mol. The highest BCUT2D eigenvalue weighted by atomic mass is 32.2. The lowest BCUT2D eigenvalue weighted by atomic mass is 10.1. The molecule has 0 aliphatic carbocycles. The Morgan fingerprint density at radius 1 is 0.769 bits per heavy atom. The Kier molecular flexibility index (Phi) is 5.64. The fraction of sp³-hybridized carbons (Fsp3) is 0.136. The summed E-state index contributed by atoms with van der Waals surface area (Å²) in [5, 5.41) is 0. The molecule has 3 rings (SSSR count). The molecule has 4 heteroatoms. The van der Waals surface area contributed by atoms with Gasteiger partial charge in [-0.1, -0.05) is 53.6 Å². The summed E-state index contributed by atoms with van der Waals surface area (Å²) in [5.41, 5.74) is 3.79. The van der Waals surface area contributed by atoms with Gasteiger partial charge in [-0.25, -0.2) is 0 Å². The third kappa shape index (κ3) is 4.27. The zero-order valence-electron chi connectivity index (χ0n) is 14.9. The van der Waals surface area contributed by atoms with Crippen molar-refractivity contribution in [2.24, 2.45) is 0 Å². The molecule has 132 valence electrons. The van der Waals surface area contributed by atoms with E-state index in [0.29, 0.717) is 4.90 Å². The number of nitrogens with zero attached hydrogens (tertiary/aromatic N) is 1. The van der Waals surface area contributed by atoms with Crippen molar-refractivity contribution in [2.45, 2.75) is 18.7 Å². The van der Waals surface area contributed by atoms with Crippen molar-refractivity contribution in [1.82, 2.24) is 0 Å². The summed E-state index contributed by atoms with van der Waals surface area (Å²) >= 11 is 0. The molecule has 0 spiro atoms. The molecule has 3 aromatic rings. The molecule has 1 amide bonds. The van der Waals surface area contributed by atoms with Gasteiger partial charge in [-0.2, -0.15) is 0 Å². The molecule has 0 N–H and O–H groups in total. The minimum absolute atomic E-state index is 0.0637. The number of amides is 1. The highest BCUT2D eigenvalue weighted by Gasteiger charge is 2.21. The second-order valence-electron chi connectivity index (χ2n) is 6.20. The molecule has 3 aromatic carbocycles. The standard InChI is InChI=1S/C22H21NO2S/c1-17-8-12-19(13-9-17)23(20-14-10-18(2)11-15-20)22(24)16-26(25)21-6-4-3-5-7-21/h3-15H,16H2,1-2H3. The van der Waals surface area contributed by atoms with E-state index in [2.05, 4.69) is 0 Å². The molecule has 0 radical (unpaired) electrons. The molecular formula is C22H21NO2S. The number of hydrogen-bond donors (Lipinski definition) is 0. The van der Waals surface area contributed by atoms with E-state index in [1.54, 1.807) is 17.0 Å². The molecule has 0 aliphatic rings. The van der Waals surface area contributed by atoms with Crippen LogP contribution in [0, 0.1) is 13.8 Å². The zero-order chi connectivity index (χ0) is 18.5. The highest BCUT2D eigenvalue weighted by Crippen LogP contribution is 2.27. The molecule has 0 saturated carbocycles. The van der Waals surface area contributed by atoms with Gasteiger partial charge in [-0.3, -0.25) is 13.9 Å². The first-order valence-corrected chi connectivity index (χ1v) is 9.76. The average Bonchev–Trinajstić information content (AvgIpc) is 2.66. The minimum atomic E-state index is -1.38. The molecule has 1 atom stereocenters. The lowest BCUT2D eigenvalue weighted by Crippen LogP contribution is -2.30. The van der Waals surface area contributed by atoms with Crippen LogP contribution < -0.4 is 4.90 Å². The molecule has 0 aromatic heterocycles. The number of carbonyl (C=O) groups is 1. The summed E-state index contributed by atoms with van der Waals surface area (Å²) in [6, 6.07) is 24.6. The summed E-state index contributed by atoms with van der Waals surface area (Å²) < 4.78 is 12.6. The van der Waals surface area contributed by atoms with Gasteiger partial charge in [0.2, 0.25) is 5.91 Å². The predicted molar refractivity (Wildman–Crippen MR) is 107 cm³/mol. The lowest BCUT2D eigenvalue weighted by molar-refractivity contribution is -0.115. The summed E-state index contributed by atoms with van der Waals surface area (Å²) in [5.74, 6) is -0.258. The number of aryl methyl sites for hydroxylation is 2. The number of anilines is 2. The van der Waals surface area contributed by atoms with Crippen molar-refractivity contribution in [3.05, 3.63) is 90.0 Å². The maximum absolute atomic E-state index is 13.0. The van der Waals surface area contributed by atoms with Crippen LogP contribution in [0.15, 0.2) is 83.8 Å². The Hall–Kier alpha value is -2.72. The largest absolute Gasteiger partial charge is 0.280 e. The number of rotatable bonds is 5. The molecule has 1 unspecified atom stereocenters. The Labute approximate surface area is 156 Å². The van der Waals surface area contributed by atoms with Crippen LogP contribution in [0.4, 0.5) is 11.4 Å². The SMILES string of the molecule is Cc1ccc(N(C(=O)CS(=O)c2ccccc2)c2ccc(C)cc2)cc1. The number of hydrogen-bond acceptors (Lipinski definition) is 2. The van der Waals surface area contributed by atoms with E-state index in [1.165, 1.54) is 0 Å². The van der Waals surface area contributed by atoms with Crippen molar-refractivity contribution in [1.29, 1.82) is 0 Å². The maximum Gasteiger partial charge on any atom is 0.244 e. The summed E-state index contributed by atoms with van der Waals surface area (Å²) in [4.78, 5) is 15.3. The van der Waals surface area contributed by atoms with E-state index in [4.69, 9.17) is 0 Å². The van der Waals surface area contributed by atoms with Gasteiger partial charge in [-0.15, -0.1) is 0 Å². The normalized spacial score (nSPS) is 11.8. The molecule has 26 heavy (non-hydrogen) atoms. The minimum Gasteiger partial charge on any atom is -0.280 e. The van der Waals surface area contributed by atoms with Crippen molar-refractivity contribution >= 4 is 28.1 Å². The van der Waals surface area contributed by atoms with Crippen LogP contribution in [0.5, 0.6) is 0 Å². The smallest absolute Gasteiger partial charge is 0.244 e. The lowest BCUT2D eigenvalue weighted by Gasteiger charge is -2.23. The molecule has 3 nitrogen and oxygen atoms in total. The molecule has 0 saturated heterocycles. The summed E-state index contributed by atoms with van der Waals surface area (Å²) in [7, 11) is -1.38. The maximum atomic E-state index is 13.0. The topological polar surface area (TPSA) is 37.4 Å². The van der Waals surface area contributed by atoms with E-state index < -0.39 is 10.8 Å². The third-order valence-electron chi connectivity index (χ3n) is 4.09. The van der Waals surface area contributed by atoms with Crippen LogP contribution in [0.1, 0.15) is 11.1 Å². The van der Waals surface area contributed by atoms with E-state index in [9.17, 15) is 9.00 Å². The molecule has 0 bridgehead atoms. The van der Waals surface area contributed by atoms with Gasteiger partial charge in [0.05, 0.1) is 10.8 Å². The Bertz CT molecular complexity index is 858. The summed E-state index contributed by atoms with van der Waals surface area (Å²) in [6.07, 6.45) is 0. The fourth-order valence-electron chi connectivity index (χ4n) is 2.66. The van der Waals surface area contributed by atoms with Crippen LogP contribution >= 0.6 is 0 Å². The second kappa shape index (κ2) is 8.11. The average molecular weight is 363 g/mol. The van der Waals surface area contributed by atoms with Gasteiger partial charge in [-0.05, 0) is 50.2 Å². The van der Waals surface area contributed by atoms with E-state index in [1.807, 2.05) is 80.6 Å². The Morgan fingerprint density at radius 3 is 1.69 bits per heavy atom. The van der Waals surface area contributed by atoms with Crippen LogP contribution in [0.25, 0.3) is 0 Å². The van der Waals surface area contributed by atoms with Crippen LogP contribution in [-0.4, -0.2) is 15.9 Å². The van der Waals surface area contributed by atoms with Crippen molar-refractivity contribution < 1.29 is 9.00 Å². The van der Waals surface area contributed by atoms with E-state index in [0.717, 1.165) is 22.5 Å². The van der Waals surface area contributed by atoms with Crippen LogP contribution in [0.2, 0.25) is 0 Å². The predicted octanol–water partition coefficient (Wildman–Crippen LogP) is 4.78. The zero-order valence-corrected chi connectivity index (χ0v) is 15.7. The van der Waals surface area contributed by atoms with Gasteiger partial charge < -0.3 is 0 Å². The van der Waals surface area contributed by atoms with E-state index >= 15 is 0 Å². The first-order valence-electron chi connectivity index (χ1n) is 8.44. The van der Waals surface area contributed by atoms with Crippen LogP contribution in [0.3, 0.4) is 0 Å². The molecule has 0 heterocycles. The Morgan fingerprint density at radius 2 is 1.23 bits per heavy atom. The second-order valence-corrected chi connectivity index (χ2v) is 7.65. The van der Waals surface area contributed by atoms with E-state index in [-0.39, 0.29) is 11.7 Å². The van der Waals surface area contributed by atoms with Crippen molar-refractivity contribution in [2.75, 3.05) is 10.7 Å². The van der Waals surface area contributed by atoms with Gasteiger partial charge >= 0.3 is 0 Å².